The summed E-state index contributed by atoms with van der Waals surface area (Å²) < 4.78 is 15.9. The minimum absolute atomic E-state index is 0.00773. The molecule has 0 aliphatic rings. The number of rotatable bonds is 26. The van der Waals surface area contributed by atoms with Gasteiger partial charge in [0, 0.05) is 0 Å². The second-order valence-electron chi connectivity index (χ2n) is 11.5. The third kappa shape index (κ3) is 25.5. The molecule has 0 fully saturated rings. The normalized spacial score (nSPS) is 16.6. The van der Waals surface area contributed by atoms with Gasteiger partial charge < -0.3 is 34.6 Å². The van der Waals surface area contributed by atoms with Crippen LogP contribution in [-0.4, -0.2) is 85.0 Å². The van der Waals surface area contributed by atoms with E-state index in [4.69, 9.17) is 24.4 Å². The fraction of sp³-hybridized carbons (Fsp3) is 0.933. The zero-order valence-corrected chi connectivity index (χ0v) is 24.6. The summed E-state index contributed by atoms with van der Waals surface area (Å²) in [5.41, 5.74) is 1.40. The molecule has 0 aliphatic heterocycles. The second-order valence-corrected chi connectivity index (χ2v) is 11.5. The van der Waals surface area contributed by atoms with Crippen LogP contribution in [0.1, 0.15) is 98.8 Å². The molecule has 0 heterocycles. The average Bonchev–Trinajstić information content (AvgIpc) is 2.83. The molecular weight excluding hydrogens is 472 g/mol. The van der Waals surface area contributed by atoms with Crippen molar-refractivity contribution in [1.29, 1.82) is 0 Å². The van der Waals surface area contributed by atoms with Gasteiger partial charge in [0.25, 0.3) is 0 Å². The van der Waals surface area contributed by atoms with E-state index in [1.54, 1.807) is 0 Å². The van der Waals surface area contributed by atoms with Crippen LogP contribution in [-0.2, 0) is 14.2 Å². The van der Waals surface area contributed by atoms with Crippen LogP contribution >= 0.6 is 0 Å². The minimum atomic E-state index is -0.952. The standard InChI is InChI=1S/C30H60O7/c1-24(2)10-6-11-25(3)12-7-13-26(4)14-8-15-27(5)16-9-17-35-20-29(33)21-37-23-30(34)22-36-19-28(32)18-31/h16,24-26,28-34H,6-15,17-23H2,1-5H3/b27-16+. The quantitative estimate of drug-likeness (QED) is 0.0928. The Hall–Kier alpha value is -0.540. The summed E-state index contributed by atoms with van der Waals surface area (Å²) >= 11 is 0. The van der Waals surface area contributed by atoms with Crippen LogP contribution in [0.2, 0.25) is 0 Å². The largest absolute Gasteiger partial charge is 0.394 e. The van der Waals surface area contributed by atoms with Gasteiger partial charge in [-0.25, -0.2) is 0 Å². The van der Waals surface area contributed by atoms with Gasteiger partial charge in [-0.15, -0.1) is 0 Å². The van der Waals surface area contributed by atoms with Crippen molar-refractivity contribution in [2.24, 2.45) is 17.8 Å². The Bertz CT molecular complexity index is 526. The van der Waals surface area contributed by atoms with E-state index in [0.717, 1.165) is 30.6 Å². The van der Waals surface area contributed by atoms with Crippen LogP contribution in [0.25, 0.3) is 0 Å². The maximum Gasteiger partial charge on any atom is 0.101 e. The zero-order valence-electron chi connectivity index (χ0n) is 24.6. The summed E-state index contributed by atoms with van der Waals surface area (Å²) in [6.07, 6.45) is 12.4. The van der Waals surface area contributed by atoms with Crippen LogP contribution in [0.5, 0.6) is 0 Å². The lowest BCUT2D eigenvalue weighted by Gasteiger charge is -2.15. The molecule has 0 bridgehead atoms. The van der Waals surface area contributed by atoms with Crippen LogP contribution in [0.3, 0.4) is 0 Å². The highest BCUT2D eigenvalue weighted by Crippen LogP contribution is 2.22. The van der Waals surface area contributed by atoms with Crippen molar-refractivity contribution in [1.82, 2.24) is 0 Å². The highest BCUT2D eigenvalue weighted by Gasteiger charge is 2.10. The van der Waals surface area contributed by atoms with E-state index in [-0.39, 0.29) is 39.6 Å². The summed E-state index contributed by atoms with van der Waals surface area (Å²) in [7, 11) is 0. The molecular formula is C30H60O7. The number of hydrogen-bond acceptors (Lipinski definition) is 7. The summed E-state index contributed by atoms with van der Waals surface area (Å²) in [5.74, 6) is 2.50. The lowest BCUT2D eigenvalue weighted by Crippen LogP contribution is -2.29. The van der Waals surface area contributed by atoms with Gasteiger partial charge in [0.1, 0.15) is 18.3 Å². The average molecular weight is 533 g/mol. The molecule has 5 unspecified atom stereocenters. The minimum Gasteiger partial charge on any atom is -0.394 e. The molecule has 37 heavy (non-hydrogen) atoms. The Morgan fingerprint density at radius 2 is 1.11 bits per heavy atom. The first kappa shape index (κ1) is 36.5. The van der Waals surface area contributed by atoms with Crippen LogP contribution in [0.15, 0.2) is 11.6 Å². The topological polar surface area (TPSA) is 109 Å². The Morgan fingerprint density at radius 3 is 1.62 bits per heavy atom. The van der Waals surface area contributed by atoms with Gasteiger partial charge in [0.2, 0.25) is 0 Å². The fourth-order valence-corrected chi connectivity index (χ4v) is 4.25. The zero-order chi connectivity index (χ0) is 27.9. The molecule has 222 valence electrons. The summed E-state index contributed by atoms with van der Waals surface area (Å²) in [5, 5.41) is 37.5. The lowest BCUT2D eigenvalue weighted by molar-refractivity contribution is -0.0672. The SMILES string of the molecule is C/C(=C\CCOCC(O)COCC(O)COCC(O)CO)CCCC(C)CCCC(C)CCCC(C)C. The maximum atomic E-state index is 9.93. The first-order valence-electron chi connectivity index (χ1n) is 14.7. The molecule has 0 aromatic rings. The molecule has 0 aromatic carbocycles. The summed E-state index contributed by atoms with van der Waals surface area (Å²) in [6, 6.07) is 0. The number of ether oxygens (including phenoxy) is 3. The van der Waals surface area contributed by atoms with Crippen molar-refractivity contribution < 1.29 is 34.6 Å². The number of aliphatic hydroxyl groups is 4. The second kappa shape index (κ2) is 24.5. The van der Waals surface area contributed by atoms with E-state index in [2.05, 4.69) is 40.7 Å². The van der Waals surface area contributed by atoms with Crippen molar-refractivity contribution in [3.8, 4) is 0 Å². The molecule has 0 saturated heterocycles. The third-order valence-corrected chi connectivity index (χ3v) is 6.66. The molecule has 7 nitrogen and oxygen atoms in total. The van der Waals surface area contributed by atoms with Crippen molar-refractivity contribution in [2.75, 3.05) is 46.2 Å². The van der Waals surface area contributed by atoms with Gasteiger partial charge in [-0.2, -0.15) is 0 Å². The first-order chi connectivity index (χ1) is 17.6. The molecule has 0 aliphatic carbocycles. The van der Waals surface area contributed by atoms with Gasteiger partial charge in [-0.05, 0) is 43.9 Å². The monoisotopic (exact) mass is 532 g/mol. The predicted octanol–water partition coefficient (Wildman–Crippen LogP) is 4.89. The van der Waals surface area contributed by atoms with E-state index in [1.807, 2.05) is 0 Å². The Balaban J connectivity index is 3.67. The highest BCUT2D eigenvalue weighted by atomic mass is 16.5. The molecule has 7 heteroatoms. The molecule has 0 aromatic heterocycles. The van der Waals surface area contributed by atoms with E-state index >= 15 is 0 Å². The fourth-order valence-electron chi connectivity index (χ4n) is 4.25. The van der Waals surface area contributed by atoms with E-state index in [0.29, 0.717) is 6.61 Å². The third-order valence-electron chi connectivity index (χ3n) is 6.66. The van der Waals surface area contributed by atoms with Crippen LogP contribution in [0, 0.1) is 17.8 Å². The van der Waals surface area contributed by atoms with Crippen molar-refractivity contribution in [3.05, 3.63) is 11.6 Å². The Morgan fingerprint density at radius 1 is 0.649 bits per heavy atom. The van der Waals surface area contributed by atoms with Gasteiger partial charge in [0.05, 0.1) is 46.2 Å². The van der Waals surface area contributed by atoms with E-state index in [1.165, 1.54) is 56.9 Å². The van der Waals surface area contributed by atoms with E-state index in [9.17, 15) is 10.2 Å². The van der Waals surface area contributed by atoms with Crippen molar-refractivity contribution >= 4 is 0 Å². The van der Waals surface area contributed by atoms with Gasteiger partial charge in [-0.3, -0.25) is 0 Å². The first-order valence-corrected chi connectivity index (χ1v) is 14.7. The number of allylic oxidation sites excluding steroid dienone is 1. The molecule has 0 rings (SSSR count). The molecule has 0 saturated carbocycles. The number of hydrogen-bond donors (Lipinski definition) is 4. The lowest BCUT2D eigenvalue weighted by atomic mass is 9.91. The van der Waals surface area contributed by atoms with Gasteiger partial charge >= 0.3 is 0 Å². The Kier molecular flexibility index (Phi) is 24.1. The molecule has 0 radical (unpaired) electrons. The van der Waals surface area contributed by atoms with Crippen molar-refractivity contribution in [3.63, 3.8) is 0 Å². The van der Waals surface area contributed by atoms with E-state index < -0.39 is 18.3 Å². The maximum absolute atomic E-state index is 9.93. The molecule has 0 spiro atoms. The summed E-state index contributed by atoms with van der Waals surface area (Å²) in [6.45, 7) is 12.0. The highest BCUT2D eigenvalue weighted by molar-refractivity contribution is 4.97. The molecule has 0 amide bonds. The van der Waals surface area contributed by atoms with Gasteiger partial charge in [0.15, 0.2) is 0 Å². The molecule has 5 atom stereocenters. The predicted molar refractivity (Wildman–Crippen MR) is 151 cm³/mol. The number of aliphatic hydroxyl groups excluding tert-OH is 4. The molecule has 4 N–H and O–H groups in total. The van der Waals surface area contributed by atoms with Crippen LogP contribution < -0.4 is 0 Å². The van der Waals surface area contributed by atoms with Crippen LogP contribution in [0.4, 0.5) is 0 Å². The smallest absolute Gasteiger partial charge is 0.101 e. The van der Waals surface area contributed by atoms with Gasteiger partial charge in [-0.1, -0.05) is 84.3 Å². The summed E-state index contributed by atoms with van der Waals surface area (Å²) in [4.78, 5) is 0. The Labute approximate surface area is 227 Å². The van der Waals surface area contributed by atoms with Crippen molar-refractivity contribution in [2.45, 2.75) is 117 Å².